The average Bonchev–Trinajstić information content (AvgIpc) is 2.87. The molecular formula is C17H20N6. The first-order chi connectivity index (χ1) is 11.1. The van der Waals surface area contributed by atoms with Gasteiger partial charge in [-0.2, -0.15) is 5.10 Å². The van der Waals surface area contributed by atoms with Crippen LogP contribution in [0.15, 0.2) is 30.6 Å². The Labute approximate surface area is 135 Å². The number of H-pyrrole nitrogens is 1. The molecule has 2 N–H and O–H groups in total. The number of pyridine rings is 1. The van der Waals surface area contributed by atoms with Crippen LogP contribution in [0.5, 0.6) is 0 Å². The van der Waals surface area contributed by atoms with Crippen LogP contribution in [-0.2, 0) is 6.42 Å². The maximum Gasteiger partial charge on any atom is 0.163 e. The molecule has 6 heteroatoms. The summed E-state index contributed by atoms with van der Waals surface area (Å²) < 4.78 is 0. The van der Waals surface area contributed by atoms with Gasteiger partial charge in [-0.15, -0.1) is 0 Å². The normalized spacial score (nSPS) is 10.7. The van der Waals surface area contributed by atoms with E-state index in [1.54, 1.807) is 12.4 Å². The Balaban J connectivity index is 1.72. The molecule has 0 atom stereocenters. The van der Waals surface area contributed by atoms with E-state index in [-0.39, 0.29) is 0 Å². The molecule has 0 amide bonds. The number of hydrogen-bond donors (Lipinski definition) is 2. The molecule has 0 aliphatic carbocycles. The second kappa shape index (κ2) is 6.56. The molecule has 3 aromatic rings. The second-order valence-electron chi connectivity index (χ2n) is 5.55. The Hall–Kier alpha value is -2.76. The first kappa shape index (κ1) is 15.1. The number of rotatable bonds is 5. The van der Waals surface area contributed by atoms with Crippen LogP contribution in [-0.4, -0.2) is 31.7 Å². The summed E-state index contributed by atoms with van der Waals surface area (Å²) in [5.74, 6) is 1.52. The summed E-state index contributed by atoms with van der Waals surface area (Å²) in [5, 5.41) is 10.6. The molecule has 118 valence electrons. The fourth-order valence-electron chi connectivity index (χ4n) is 2.54. The molecule has 23 heavy (non-hydrogen) atoms. The number of aromatic amines is 1. The van der Waals surface area contributed by atoms with Crippen LogP contribution in [0.3, 0.4) is 0 Å². The van der Waals surface area contributed by atoms with Gasteiger partial charge in [0.2, 0.25) is 0 Å². The van der Waals surface area contributed by atoms with Crippen molar-refractivity contribution in [3.05, 3.63) is 53.2 Å². The lowest BCUT2D eigenvalue weighted by Crippen LogP contribution is -2.08. The van der Waals surface area contributed by atoms with Crippen molar-refractivity contribution in [1.82, 2.24) is 25.1 Å². The zero-order chi connectivity index (χ0) is 16.2. The first-order valence-electron chi connectivity index (χ1n) is 7.64. The van der Waals surface area contributed by atoms with Crippen molar-refractivity contribution >= 4 is 5.82 Å². The van der Waals surface area contributed by atoms with E-state index in [1.807, 2.05) is 39.0 Å². The Bertz CT molecular complexity index is 775. The highest BCUT2D eigenvalue weighted by atomic mass is 15.1. The third-order valence-corrected chi connectivity index (χ3v) is 3.74. The van der Waals surface area contributed by atoms with Crippen LogP contribution in [0.2, 0.25) is 0 Å². The van der Waals surface area contributed by atoms with Gasteiger partial charge in [0.05, 0.1) is 5.69 Å². The summed E-state index contributed by atoms with van der Waals surface area (Å²) in [4.78, 5) is 13.2. The van der Waals surface area contributed by atoms with Crippen LogP contribution in [0.25, 0.3) is 11.4 Å². The van der Waals surface area contributed by atoms with Crippen molar-refractivity contribution in [2.24, 2.45) is 0 Å². The molecule has 6 nitrogen and oxygen atoms in total. The zero-order valence-corrected chi connectivity index (χ0v) is 13.6. The number of hydrogen-bond acceptors (Lipinski definition) is 5. The minimum atomic E-state index is 0.691. The molecule has 0 bridgehead atoms. The second-order valence-corrected chi connectivity index (χ2v) is 5.55. The third kappa shape index (κ3) is 3.53. The lowest BCUT2D eigenvalue weighted by Gasteiger charge is -2.09. The van der Waals surface area contributed by atoms with Crippen molar-refractivity contribution in [2.75, 3.05) is 11.9 Å². The Kier molecular flexibility index (Phi) is 4.32. The smallest absolute Gasteiger partial charge is 0.163 e. The summed E-state index contributed by atoms with van der Waals surface area (Å²) in [6.07, 6.45) is 4.42. The predicted molar refractivity (Wildman–Crippen MR) is 90.3 cm³/mol. The summed E-state index contributed by atoms with van der Waals surface area (Å²) >= 11 is 0. The van der Waals surface area contributed by atoms with Gasteiger partial charge in [-0.05, 0) is 44.9 Å². The standard InChI is InChI=1S/C17H20N6/c1-11-9-16(19-8-6-15-12(2)22-23-13(15)3)21-17(20-11)14-5-4-7-18-10-14/h4-5,7,9-10H,6,8H2,1-3H3,(H,22,23)(H,19,20,21). The largest absolute Gasteiger partial charge is 0.370 e. The van der Waals surface area contributed by atoms with Crippen molar-refractivity contribution in [2.45, 2.75) is 27.2 Å². The van der Waals surface area contributed by atoms with E-state index >= 15 is 0 Å². The molecule has 3 heterocycles. The zero-order valence-electron chi connectivity index (χ0n) is 13.6. The van der Waals surface area contributed by atoms with Gasteiger partial charge in [0, 0.05) is 42.0 Å². The highest BCUT2D eigenvalue weighted by molar-refractivity contribution is 5.56. The number of nitrogens with zero attached hydrogens (tertiary/aromatic N) is 4. The van der Waals surface area contributed by atoms with Crippen LogP contribution in [0, 0.1) is 20.8 Å². The van der Waals surface area contributed by atoms with E-state index in [4.69, 9.17) is 0 Å². The Morgan fingerprint density at radius 3 is 2.74 bits per heavy atom. The topological polar surface area (TPSA) is 79.4 Å². The average molecular weight is 308 g/mol. The SMILES string of the molecule is Cc1cc(NCCc2c(C)n[nH]c2C)nc(-c2cccnc2)n1. The summed E-state index contributed by atoms with van der Waals surface area (Å²) in [6.45, 7) is 6.83. The molecule has 0 radical (unpaired) electrons. The van der Waals surface area contributed by atoms with E-state index < -0.39 is 0 Å². The Morgan fingerprint density at radius 1 is 1.17 bits per heavy atom. The van der Waals surface area contributed by atoms with Gasteiger partial charge in [0.25, 0.3) is 0 Å². The fourth-order valence-corrected chi connectivity index (χ4v) is 2.54. The lowest BCUT2D eigenvalue weighted by molar-refractivity contribution is 0.975. The van der Waals surface area contributed by atoms with Gasteiger partial charge in [-0.1, -0.05) is 0 Å². The fraction of sp³-hybridized carbons (Fsp3) is 0.294. The van der Waals surface area contributed by atoms with Crippen molar-refractivity contribution in [1.29, 1.82) is 0 Å². The van der Waals surface area contributed by atoms with Crippen LogP contribution < -0.4 is 5.32 Å². The highest BCUT2D eigenvalue weighted by Crippen LogP contribution is 2.17. The van der Waals surface area contributed by atoms with Gasteiger partial charge in [0.15, 0.2) is 5.82 Å². The molecule has 3 rings (SSSR count). The summed E-state index contributed by atoms with van der Waals surface area (Å²) in [7, 11) is 0. The maximum atomic E-state index is 4.58. The quantitative estimate of drug-likeness (QED) is 0.757. The van der Waals surface area contributed by atoms with E-state index in [9.17, 15) is 0 Å². The predicted octanol–water partition coefficient (Wildman–Crippen LogP) is 2.84. The Morgan fingerprint density at radius 2 is 2.04 bits per heavy atom. The highest BCUT2D eigenvalue weighted by Gasteiger charge is 2.07. The minimum Gasteiger partial charge on any atom is -0.370 e. The van der Waals surface area contributed by atoms with Gasteiger partial charge < -0.3 is 5.32 Å². The lowest BCUT2D eigenvalue weighted by atomic mass is 10.1. The van der Waals surface area contributed by atoms with Crippen molar-refractivity contribution in [3.63, 3.8) is 0 Å². The van der Waals surface area contributed by atoms with Crippen LogP contribution in [0.4, 0.5) is 5.82 Å². The van der Waals surface area contributed by atoms with Gasteiger partial charge in [-0.25, -0.2) is 9.97 Å². The van der Waals surface area contributed by atoms with Crippen LogP contribution in [0.1, 0.15) is 22.6 Å². The number of aryl methyl sites for hydroxylation is 3. The van der Waals surface area contributed by atoms with Gasteiger partial charge in [-0.3, -0.25) is 10.1 Å². The first-order valence-corrected chi connectivity index (χ1v) is 7.64. The molecule has 0 spiro atoms. The van der Waals surface area contributed by atoms with Crippen molar-refractivity contribution in [3.8, 4) is 11.4 Å². The molecule has 0 aliphatic heterocycles. The molecular weight excluding hydrogens is 288 g/mol. The van der Waals surface area contributed by atoms with Crippen molar-refractivity contribution < 1.29 is 0 Å². The van der Waals surface area contributed by atoms with E-state index in [0.717, 1.165) is 41.4 Å². The molecule has 0 unspecified atom stereocenters. The van der Waals surface area contributed by atoms with Gasteiger partial charge in [0.1, 0.15) is 5.82 Å². The van der Waals surface area contributed by atoms with Crippen LogP contribution >= 0.6 is 0 Å². The summed E-state index contributed by atoms with van der Waals surface area (Å²) in [6, 6.07) is 5.80. The van der Waals surface area contributed by atoms with E-state index in [1.165, 1.54) is 5.56 Å². The maximum absolute atomic E-state index is 4.58. The number of nitrogens with one attached hydrogen (secondary N) is 2. The molecule has 0 aliphatic rings. The molecule has 0 aromatic carbocycles. The molecule has 0 saturated carbocycles. The minimum absolute atomic E-state index is 0.691. The van der Waals surface area contributed by atoms with E-state index in [2.05, 4.69) is 30.5 Å². The third-order valence-electron chi connectivity index (χ3n) is 3.74. The monoisotopic (exact) mass is 308 g/mol. The molecule has 0 saturated heterocycles. The molecule has 0 fully saturated rings. The van der Waals surface area contributed by atoms with Gasteiger partial charge >= 0.3 is 0 Å². The number of anilines is 1. The van der Waals surface area contributed by atoms with E-state index in [0.29, 0.717) is 5.82 Å². The molecule has 3 aromatic heterocycles. The summed E-state index contributed by atoms with van der Waals surface area (Å²) in [5.41, 5.74) is 5.28. The number of aromatic nitrogens is 5.